The lowest BCUT2D eigenvalue weighted by Gasteiger charge is -2.14. The quantitative estimate of drug-likeness (QED) is 0.483. The third-order valence-electron chi connectivity index (χ3n) is 4.05. The number of thioether (sulfide) groups is 1. The van der Waals surface area contributed by atoms with E-state index in [1.54, 1.807) is 23.1 Å². The Morgan fingerprint density at radius 2 is 2.00 bits per heavy atom. The number of halogens is 2. The maximum Gasteiger partial charge on any atom is 0.266 e. The van der Waals surface area contributed by atoms with E-state index in [-0.39, 0.29) is 16.7 Å². The molecule has 1 N–H and O–H groups in total. The Bertz CT molecular complexity index is 977. The van der Waals surface area contributed by atoms with Crippen molar-refractivity contribution in [3.63, 3.8) is 0 Å². The van der Waals surface area contributed by atoms with Crippen LogP contribution in [0, 0.1) is 0 Å². The number of carbonyl (C=O) groups excluding carboxylic acids is 1. The first-order valence-electron chi connectivity index (χ1n) is 9.14. The van der Waals surface area contributed by atoms with Crippen molar-refractivity contribution >= 4 is 62.1 Å². The number of amides is 1. The van der Waals surface area contributed by atoms with E-state index in [4.69, 9.17) is 16.3 Å². The minimum Gasteiger partial charge on any atom is -0.506 e. The molecule has 3 rings (SSSR count). The molecule has 0 aliphatic carbocycles. The smallest absolute Gasteiger partial charge is 0.266 e. The van der Waals surface area contributed by atoms with Crippen molar-refractivity contribution in [2.75, 3.05) is 13.2 Å². The molecule has 152 valence electrons. The van der Waals surface area contributed by atoms with Gasteiger partial charge in [-0.1, -0.05) is 34.5 Å². The van der Waals surface area contributed by atoms with Gasteiger partial charge < -0.3 is 9.84 Å². The molecule has 1 amide bonds. The SMILES string of the molecule is CCCN1C(=O)/C(=C\c2cc(Br)cc(Cl)c2O)SC1=Nc1ccc(OCC)cc1. The summed E-state index contributed by atoms with van der Waals surface area (Å²) in [7, 11) is 0. The molecule has 1 fully saturated rings. The molecule has 0 spiro atoms. The van der Waals surface area contributed by atoms with Crippen LogP contribution in [0.2, 0.25) is 5.02 Å². The third kappa shape index (κ3) is 5.15. The van der Waals surface area contributed by atoms with Crippen LogP contribution >= 0.6 is 39.3 Å². The van der Waals surface area contributed by atoms with Gasteiger partial charge in [0, 0.05) is 16.6 Å². The minimum absolute atomic E-state index is 0.0605. The van der Waals surface area contributed by atoms with Crippen LogP contribution in [0.25, 0.3) is 6.08 Å². The van der Waals surface area contributed by atoms with Gasteiger partial charge in [0.05, 0.1) is 22.2 Å². The zero-order valence-electron chi connectivity index (χ0n) is 16.0. The number of phenolic OH excluding ortho intramolecular Hbond substituents is 1. The predicted octanol–water partition coefficient (Wildman–Crippen LogP) is 6.22. The normalized spacial score (nSPS) is 16.8. The van der Waals surface area contributed by atoms with Gasteiger partial charge in [0.15, 0.2) is 5.17 Å². The van der Waals surface area contributed by atoms with Gasteiger partial charge >= 0.3 is 0 Å². The highest BCUT2D eigenvalue weighted by molar-refractivity contribution is 9.10. The van der Waals surface area contributed by atoms with Crippen LogP contribution in [0.5, 0.6) is 11.5 Å². The van der Waals surface area contributed by atoms with E-state index >= 15 is 0 Å². The topological polar surface area (TPSA) is 62.1 Å². The number of aliphatic imine (C=N–C) groups is 1. The van der Waals surface area contributed by atoms with Crippen LogP contribution in [0.15, 0.2) is 50.8 Å². The number of benzene rings is 2. The van der Waals surface area contributed by atoms with Crippen LogP contribution in [-0.4, -0.2) is 34.2 Å². The van der Waals surface area contributed by atoms with E-state index in [1.807, 2.05) is 38.1 Å². The molecular formula is C21H20BrClN2O3S. The molecule has 0 unspecified atom stereocenters. The molecular weight excluding hydrogens is 476 g/mol. The van der Waals surface area contributed by atoms with Crippen LogP contribution in [0.4, 0.5) is 5.69 Å². The lowest BCUT2D eigenvalue weighted by molar-refractivity contribution is -0.122. The molecule has 0 saturated carbocycles. The zero-order chi connectivity index (χ0) is 21.0. The number of amidine groups is 1. The van der Waals surface area contributed by atoms with Crippen LogP contribution < -0.4 is 4.74 Å². The van der Waals surface area contributed by atoms with Crippen molar-refractivity contribution in [3.8, 4) is 11.5 Å². The monoisotopic (exact) mass is 494 g/mol. The Balaban J connectivity index is 1.94. The summed E-state index contributed by atoms with van der Waals surface area (Å²) in [6.45, 7) is 5.10. The van der Waals surface area contributed by atoms with Gasteiger partial charge in [0.2, 0.25) is 0 Å². The summed E-state index contributed by atoms with van der Waals surface area (Å²) in [6, 6.07) is 10.7. The summed E-state index contributed by atoms with van der Waals surface area (Å²) in [6.07, 6.45) is 2.44. The van der Waals surface area contributed by atoms with Gasteiger partial charge in [0.1, 0.15) is 11.5 Å². The van der Waals surface area contributed by atoms with E-state index in [1.165, 1.54) is 11.8 Å². The van der Waals surface area contributed by atoms with Crippen molar-refractivity contribution in [2.24, 2.45) is 4.99 Å². The van der Waals surface area contributed by atoms with Gasteiger partial charge in [-0.15, -0.1) is 0 Å². The summed E-state index contributed by atoms with van der Waals surface area (Å²) >= 11 is 10.7. The molecule has 29 heavy (non-hydrogen) atoms. The zero-order valence-corrected chi connectivity index (χ0v) is 19.1. The molecule has 0 aromatic heterocycles. The lowest BCUT2D eigenvalue weighted by Crippen LogP contribution is -2.29. The number of hydrogen-bond acceptors (Lipinski definition) is 5. The summed E-state index contributed by atoms with van der Waals surface area (Å²) in [5, 5.41) is 11.1. The average molecular weight is 496 g/mol. The van der Waals surface area contributed by atoms with Crippen molar-refractivity contribution in [3.05, 3.63) is 56.4 Å². The summed E-state index contributed by atoms with van der Waals surface area (Å²) in [4.78, 5) is 19.7. The Morgan fingerprint density at radius 1 is 1.28 bits per heavy atom. The van der Waals surface area contributed by atoms with Crippen molar-refractivity contribution < 1.29 is 14.6 Å². The third-order valence-corrected chi connectivity index (χ3v) is 5.80. The van der Waals surface area contributed by atoms with Gasteiger partial charge in [-0.25, -0.2) is 4.99 Å². The fourth-order valence-corrected chi connectivity index (χ4v) is 4.59. The van der Waals surface area contributed by atoms with E-state index in [0.717, 1.165) is 22.3 Å². The minimum atomic E-state index is -0.142. The fraction of sp³-hybridized carbons (Fsp3) is 0.238. The summed E-state index contributed by atoms with van der Waals surface area (Å²) < 4.78 is 6.17. The molecule has 1 saturated heterocycles. The van der Waals surface area contributed by atoms with E-state index in [9.17, 15) is 9.90 Å². The number of hydrogen-bond donors (Lipinski definition) is 1. The van der Waals surface area contributed by atoms with Crippen LogP contribution in [0.1, 0.15) is 25.8 Å². The van der Waals surface area contributed by atoms with Crippen LogP contribution in [0.3, 0.4) is 0 Å². The fourth-order valence-electron chi connectivity index (χ4n) is 2.74. The molecule has 5 nitrogen and oxygen atoms in total. The first-order valence-corrected chi connectivity index (χ1v) is 11.1. The molecule has 0 bridgehead atoms. The Hall–Kier alpha value is -1.96. The van der Waals surface area contributed by atoms with Gasteiger partial charge in [0.25, 0.3) is 5.91 Å². The number of carbonyl (C=O) groups is 1. The standard InChI is InChI=1S/C21H20BrClN2O3S/c1-3-9-25-20(27)18(11-13-10-14(22)12-17(23)19(13)26)29-21(25)24-15-5-7-16(8-6-15)28-4-2/h5-8,10-12,26H,3-4,9H2,1-2H3/b18-11+,24-21?. The highest BCUT2D eigenvalue weighted by atomic mass is 79.9. The summed E-state index contributed by atoms with van der Waals surface area (Å²) in [5.74, 6) is 0.575. The Morgan fingerprint density at radius 3 is 2.66 bits per heavy atom. The maximum absolute atomic E-state index is 12.9. The number of rotatable bonds is 6. The molecule has 1 heterocycles. The highest BCUT2D eigenvalue weighted by Gasteiger charge is 2.33. The van der Waals surface area contributed by atoms with Gasteiger partial charge in [-0.05, 0) is 67.6 Å². The van der Waals surface area contributed by atoms with Crippen LogP contribution in [-0.2, 0) is 4.79 Å². The van der Waals surface area contributed by atoms with Crippen molar-refractivity contribution in [2.45, 2.75) is 20.3 Å². The van der Waals surface area contributed by atoms with Crippen molar-refractivity contribution in [1.82, 2.24) is 4.90 Å². The second kappa shape index (κ2) is 9.69. The van der Waals surface area contributed by atoms with Gasteiger partial charge in [-0.3, -0.25) is 9.69 Å². The Labute approximate surface area is 187 Å². The summed E-state index contributed by atoms with van der Waals surface area (Å²) in [5.41, 5.74) is 1.21. The Kier molecular flexibility index (Phi) is 7.27. The second-order valence-electron chi connectivity index (χ2n) is 6.21. The van der Waals surface area contributed by atoms with Gasteiger partial charge in [-0.2, -0.15) is 0 Å². The largest absolute Gasteiger partial charge is 0.506 e. The highest BCUT2D eigenvalue weighted by Crippen LogP contribution is 2.38. The first-order chi connectivity index (χ1) is 13.9. The molecule has 8 heteroatoms. The van der Waals surface area contributed by atoms with E-state index < -0.39 is 0 Å². The molecule has 0 radical (unpaired) electrons. The van der Waals surface area contributed by atoms with E-state index in [2.05, 4.69) is 20.9 Å². The number of nitrogens with zero attached hydrogens (tertiary/aromatic N) is 2. The molecule has 2 aromatic carbocycles. The maximum atomic E-state index is 12.9. The predicted molar refractivity (Wildman–Crippen MR) is 123 cm³/mol. The van der Waals surface area contributed by atoms with E-state index in [0.29, 0.717) is 28.8 Å². The molecule has 1 aliphatic rings. The molecule has 0 atom stereocenters. The van der Waals surface area contributed by atoms with Crippen molar-refractivity contribution in [1.29, 1.82) is 0 Å². The lowest BCUT2D eigenvalue weighted by atomic mass is 10.2. The second-order valence-corrected chi connectivity index (χ2v) is 8.55. The molecule has 2 aromatic rings. The first kappa shape index (κ1) is 21.7. The molecule has 1 aliphatic heterocycles. The average Bonchev–Trinajstić information content (AvgIpc) is 2.96. The number of aromatic hydroxyl groups is 1. The number of ether oxygens (including phenoxy) is 1. The number of phenols is 1.